The van der Waals surface area contributed by atoms with Crippen LogP contribution in [0.15, 0.2) is 12.3 Å². The van der Waals surface area contributed by atoms with Gasteiger partial charge in [0.25, 0.3) is 0 Å². The van der Waals surface area contributed by atoms with Gasteiger partial charge in [-0.1, -0.05) is 12.8 Å². The Morgan fingerprint density at radius 3 is 3.00 bits per heavy atom. The van der Waals surface area contributed by atoms with Gasteiger partial charge in [0.2, 0.25) is 0 Å². The third kappa shape index (κ3) is 3.44. The summed E-state index contributed by atoms with van der Waals surface area (Å²) in [6, 6.07) is 1.79. The first-order valence-electron chi connectivity index (χ1n) is 6.10. The Bertz CT molecular complexity index is 414. The number of carboxylic acids is 1. The Labute approximate surface area is 101 Å². The van der Waals surface area contributed by atoms with Gasteiger partial charge in [0.05, 0.1) is 5.69 Å². The molecule has 2 rings (SSSR count). The van der Waals surface area contributed by atoms with Crippen molar-refractivity contribution in [3.63, 3.8) is 0 Å². The van der Waals surface area contributed by atoms with Crippen molar-refractivity contribution in [3.8, 4) is 0 Å². The van der Waals surface area contributed by atoms with Crippen molar-refractivity contribution in [2.24, 2.45) is 5.92 Å². The van der Waals surface area contributed by atoms with Gasteiger partial charge >= 0.3 is 5.97 Å². The van der Waals surface area contributed by atoms with Gasteiger partial charge < -0.3 is 10.4 Å². The Kier molecular flexibility index (Phi) is 3.61. The number of aromatic nitrogens is 1. The van der Waals surface area contributed by atoms with Gasteiger partial charge in [0, 0.05) is 18.4 Å². The summed E-state index contributed by atoms with van der Waals surface area (Å²) >= 11 is 0. The summed E-state index contributed by atoms with van der Waals surface area (Å²) in [5, 5.41) is 12.2. The fourth-order valence-electron chi connectivity index (χ4n) is 1.90. The van der Waals surface area contributed by atoms with E-state index < -0.39 is 5.97 Å². The fourth-order valence-corrected chi connectivity index (χ4v) is 1.90. The van der Waals surface area contributed by atoms with E-state index in [4.69, 9.17) is 5.11 Å². The molecule has 4 heteroatoms. The molecule has 2 N–H and O–H groups in total. The number of nitrogens with zero attached hydrogens (tertiary/aromatic N) is 1. The number of aromatic carboxylic acids is 1. The predicted molar refractivity (Wildman–Crippen MR) is 66.4 cm³/mol. The van der Waals surface area contributed by atoms with Crippen LogP contribution in [0.3, 0.4) is 0 Å². The quantitative estimate of drug-likeness (QED) is 0.743. The van der Waals surface area contributed by atoms with Crippen molar-refractivity contribution >= 4 is 11.7 Å². The molecule has 1 fully saturated rings. The van der Waals surface area contributed by atoms with Crippen molar-refractivity contribution in [3.05, 3.63) is 23.5 Å². The van der Waals surface area contributed by atoms with Crippen molar-refractivity contribution in [1.82, 2.24) is 4.98 Å². The van der Waals surface area contributed by atoms with E-state index in [0.717, 1.165) is 24.6 Å². The smallest absolute Gasteiger partial charge is 0.339 e. The van der Waals surface area contributed by atoms with Crippen LogP contribution < -0.4 is 5.32 Å². The summed E-state index contributed by atoms with van der Waals surface area (Å²) in [5.74, 6) is -0.00267. The molecule has 0 aromatic carbocycles. The monoisotopic (exact) mass is 234 g/mol. The molecule has 0 unspecified atom stereocenters. The van der Waals surface area contributed by atoms with Gasteiger partial charge in [0.15, 0.2) is 0 Å². The molecular formula is C13H18N2O2. The van der Waals surface area contributed by atoms with Crippen LogP contribution in [0.25, 0.3) is 0 Å². The minimum absolute atomic E-state index is 0.252. The molecule has 1 aliphatic rings. The van der Waals surface area contributed by atoms with Crippen LogP contribution in [0.4, 0.5) is 5.69 Å². The first-order chi connectivity index (χ1) is 8.16. The Morgan fingerprint density at radius 1 is 1.59 bits per heavy atom. The Morgan fingerprint density at radius 2 is 2.35 bits per heavy atom. The molecule has 0 radical (unpaired) electrons. The molecule has 0 bridgehead atoms. The highest BCUT2D eigenvalue weighted by Gasteiger charge is 2.20. The standard InChI is InChI=1S/C13H18N2O2/c1-9-7-12(11(8-15-9)13(16)17)14-6-2-3-10-4-5-10/h7-8,10H,2-6H2,1H3,(H,14,15)(H,16,17). The second kappa shape index (κ2) is 5.17. The largest absolute Gasteiger partial charge is 0.478 e. The zero-order valence-electron chi connectivity index (χ0n) is 10.1. The van der Waals surface area contributed by atoms with Gasteiger partial charge in [-0.3, -0.25) is 4.98 Å². The van der Waals surface area contributed by atoms with Gasteiger partial charge in [0.1, 0.15) is 5.56 Å². The molecule has 1 aliphatic carbocycles. The fraction of sp³-hybridized carbons (Fsp3) is 0.538. The number of nitrogens with one attached hydrogen (secondary N) is 1. The molecule has 0 saturated heterocycles. The SMILES string of the molecule is Cc1cc(NCCCC2CC2)c(C(=O)O)cn1. The van der Waals surface area contributed by atoms with E-state index in [1.165, 1.54) is 25.5 Å². The Balaban J connectivity index is 1.92. The number of anilines is 1. The van der Waals surface area contributed by atoms with Gasteiger partial charge in [-0.25, -0.2) is 4.79 Å². The third-order valence-corrected chi connectivity index (χ3v) is 3.07. The molecule has 1 saturated carbocycles. The Hall–Kier alpha value is -1.58. The van der Waals surface area contributed by atoms with Crippen LogP contribution >= 0.6 is 0 Å². The van der Waals surface area contributed by atoms with Crippen LogP contribution in [-0.2, 0) is 0 Å². The minimum Gasteiger partial charge on any atom is -0.478 e. The number of rotatable bonds is 6. The van der Waals surface area contributed by atoms with Crippen molar-refractivity contribution in [1.29, 1.82) is 0 Å². The predicted octanol–water partition coefficient (Wildman–Crippen LogP) is 2.69. The lowest BCUT2D eigenvalue weighted by atomic mass is 10.2. The first-order valence-corrected chi connectivity index (χ1v) is 6.10. The normalized spacial score (nSPS) is 14.6. The summed E-state index contributed by atoms with van der Waals surface area (Å²) < 4.78 is 0. The number of hydrogen-bond donors (Lipinski definition) is 2. The lowest BCUT2D eigenvalue weighted by Crippen LogP contribution is -2.09. The van der Waals surface area contributed by atoms with Gasteiger partial charge in [-0.2, -0.15) is 0 Å². The number of carbonyl (C=O) groups is 1. The van der Waals surface area contributed by atoms with E-state index in [2.05, 4.69) is 10.3 Å². The van der Waals surface area contributed by atoms with Crippen LogP contribution in [0.5, 0.6) is 0 Å². The number of aryl methyl sites for hydroxylation is 1. The van der Waals surface area contributed by atoms with Crippen molar-refractivity contribution < 1.29 is 9.90 Å². The summed E-state index contributed by atoms with van der Waals surface area (Å²) in [6.45, 7) is 2.70. The summed E-state index contributed by atoms with van der Waals surface area (Å²) in [7, 11) is 0. The van der Waals surface area contributed by atoms with Crippen LogP contribution in [0.1, 0.15) is 41.7 Å². The minimum atomic E-state index is -0.929. The average molecular weight is 234 g/mol. The maximum atomic E-state index is 11.0. The molecule has 0 aliphatic heterocycles. The van der Waals surface area contributed by atoms with E-state index in [1.54, 1.807) is 6.07 Å². The molecule has 1 aromatic heterocycles. The first kappa shape index (κ1) is 11.9. The van der Waals surface area contributed by atoms with Crippen molar-refractivity contribution in [2.75, 3.05) is 11.9 Å². The summed E-state index contributed by atoms with van der Waals surface area (Å²) in [4.78, 5) is 15.0. The van der Waals surface area contributed by atoms with E-state index >= 15 is 0 Å². The van der Waals surface area contributed by atoms with Crippen molar-refractivity contribution in [2.45, 2.75) is 32.6 Å². The highest BCUT2D eigenvalue weighted by Crippen LogP contribution is 2.33. The molecule has 4 nitrogen and oxygen atoms in total. The lowest BCUT2D eigenvalue weighted by Gasteiger charge is -2.09. The van der Waals surface area contributed by atoms with Crippen LogP contribution in [0.2, 0.25) is 0 Å². The lowest BCUT2D eigenvalue weighted by molar-refractivity contribution is 0.0697. The average Bonchev–Trinajstić information content (AvgIpc) is 3.08. The van der Waals surface area contributed by atoms with Gasteiger partial charge in [-0.05, 0) is 31.7 Å². The molecule has 0 atom stereocenters. The highest BCUT2D eigenvalue weighted by atomic mass is 16.4. The maximum Gasteiger partial charge on any atom is 0.339 e. The number of carboxylic acid groups (broad SMARTS) is 1. The zero-order valence-corrected chi connectivity index (χ0v) is 10.1. The topological polar surface area (TPSA) is 62.2 Å². The van der Waals surface area contributed by atoms with Gasteiger partial charge in [-0.15, -0.1) is 0 Å². The van der Waals surface area contributed by atoms with E-state index in [9.17, 15) is 4.79 Å². The maximum absolute atomic E-state index is 11.0. The number of hydrogen-bond acceptors (Lipinski definition) is 3. The second-order valence-electron chi connectivity index (χ2n) is 4.69. The molecule has 0 spiro atoms. The molecule has 0 amide bonds. The van der Waals surface area contributed by atoms with Crippen LogP contribution in [0, 0.1) is 12.8 Å². The highest BCUT2D eigenvalue weighted by molar-refractivity contribution is 5.93. The van der Waals surface area contributed by atoms with E-state index in [-0.39, 0.29) is 5.56 Å². The van der Waals surface area contributed by atoms with E-state index in [1.807, 2.05) is 6.92 Å². The molecule has 1 heterocycles. The molecule has 1 aromatic rings. The number of pyridine rings is 1. The van der Waals surface area contributed by atoms with E-state index in [0.29, 0.717) is 5.69 Å². The molecule has 17 heavy (non-hydrogen) atoms. The molecule has 92 valence electrons. The third-order valence-electron chi connectivity index (χ3n) is 3.07. The zero-order chi connectivity index (χ0) is 12.3. The molecular weight excluding hydrogens is 216 g/mol. The summed E-state index contributed by atoms with van der Waals surface area (Å²) in [5.41, 5.74) is 1.77. The van der Waals surface area contributed by atoms with Crippen LogP contribution in [-0.4, -0.2) is 22.6 Å². The summed E-state index contributed by atoms with van der Waals surface area (Å²) in [6.07, 6.45) is 6.51. The second-order valence-corrected chi connectivity index (χ2v) is 4.69.